The minimum absolute atomic E-state index is 0.224. The number of carbonyl (C=O) groups is 1. The van der Waals surface area contributed by atoms with E-state index in [2.05, 4.69) is 46.9 Å². The van der Waals surface area contributed by atoms with Gasteiger partial charge in [-0.3, -0.25) is 4.79 Å². The third kappa shape index (κ3) is 5.24. The summed E-state index contributed by atoms with van der Waals surface area (Å²) < 4.78 is 0. The van der Waals surface area contributed by atoms with Crippen LogP contribution in [0.4, 0.5) is 0 Å². The lowest BCUT2D eigenvalue weighted by Gasteiger charge is -2.01. The second-order valence-electron chi connectivity index (χ2n) is 5.17. The van der Waals surface area contributed by atoms with Gasteiger partial charge in [0.25, 0.3) is 0 Å². The van der Waals surface area contributed by atoms with Gasteiger partial charge in [0.1, 0.15) is 0 Å². The molecule has 2 rings (SSSR count). The number of aryl methyl sites for hydroxylation is 1. The fourth-order valence-electron chi connectivity index (χ4n) is 2.15. The monoisotopic (exact) mass is 318 g/mol. The van der Waals surface area contributed by atoms with Crippen LogP contribution in [-0.2, 0) is 17.6 Å². The molecule has 22 heavy (non-hydrogen) atoms. The van der Waals surface area contributed by atoms with E-state index in [1.807, 2.05) is 0 Å². The molecule has 0 amide bonds. The fraction of sp³-hybridized carbons (Fsp3) is 0.412. The Kier molecular flexibility index (Phi) is 6.55. The average Bonchev–Trinajstić information content (AvgIpc) is 2.99. The van der Waals surface area contributed by atoms with E-state index in [0.29, 0.717) is 6.42 Å². The Labute approximate surface area is 135 Å². The van der Waals surface area contributed by atoms with Gasteiger partial charge in [-0.25, -0.2) is 4.98 Å². The van der Waals surface area contributed by atoms with Gasteiger partial charge < -0.3 is 10.4 Å². The zero-order chi connectivity index (χ0) is 15.8. The first-order chi connectivity index (χ1) is 10.7. The lowest BCUT2D eigenvalue weighted by atomic mass is 10.1. The number of rotatable bonds is 9. The molecule has 0 spiro atoms. The van der Waals surface area contributed by atoms with Crippen molar-refractivity contribution in [3.63, 3.8) is 0 Å². The summed E-state index contributed by atoms with van der Waals surface area (Å²) in [5.41, 5.74) is 3.53. The number of thiazole rings is 1. The van der Waals surface area contributed by atoms with Crippen LogP contribution in [0, 0.1) is 0 Å². The molecule has 2 N–H and O–H groups in total. The van der Waals surface area contributed by atoms with Crippen molar-refractivity contribution in [3.05, 3.63) is 40.2 Å². The van der Waals surface area contributed by atoms with Gasteiger partial charge in [-0.1, -0.05) is 31.2 Å². The lowest BCUT2D eigenvalue weighted by Crippen LogP contribution is -2.19. The van der Waals surface area contributed by atoms with E-state index < -0.39 is 5.97 Å². The Morgan fingerprint density at radius 3 is 2.73 bits per heavy atom. The summed E-state index contributed by atoms with van der Waals surface area (Å²) >= 11 is 1.68. The summed E-state index contributed by atoms with van der Waals surface area (Å²) in [7, 11) is 0. The summed E-state index contributed by atoms with van der Waals surface area (Å²) in [6, 6.07) is 8.56. The molecule has 0 bridgehead atoms. The first-order valence-electron chi connectivity index (χ1n) is 7.65. The number of hydrogen-bond acceptors (Lipinski definition) is 4. The summed E-state index contributed by atoms with van der Waals surface area (Å²) in [5.74, 6) is -0.736. The van der Waals surface area contributed by atoms with Crippen LogP contribution in [0.15, 0.2) is 29.6 Å². The molecule has 2 aromatic rings. The molecule has 4 nitrogen and oxygen atoms in total. The van der Waals surface area contributed by atoms with E-state index in [9.17, 15) is 4.79 Å². The fourth-order valence-corrected chi connectivity index (χ4v) is 2.96. The van der Waals surface area contributed by atoms with Gasteiger partial charge in [0.05, 0.1) is 10.7 Å². The van der Waals surface area contributed by atoms with Crippen LogP contribution in [0.3, 0.4) is 0 Å². The molecule has 0 aliphatic carbocycles. The number of nitrogens with one attached hydrogen (secondary N) is 1. The molecule has 0 fully saturated rings. The van der Waals surface area contributed by atoms with Crippen LogP contribution >= 0.6 is 11.3 Å². The number of carboxylic acid groups (broad SMARTS) is 1. The molecule has 1 aromatic carbocycles. The van der Waals surface area contributed by atoms with E-state index in [0.717, 1.165) is 42.2 Å². The molecule has 0 atom stereocenters. The van der Waals surface area contributed by atoms with Crippen LogP contribution in [0.2, 0.25) is 0 Å². The predicted octanol–water partition coefficient (Wildman–Crippen LogP) is 3.37. The quantitative estimate of drug-likeness (QED) is 0.696. The number of aromatic nitrogens is 1. The molecule has 5 heteroatoms. The molecule has 0 saturated carbocycles. The molecule has 0 unspecified atom stereocenters. The smallest absolute Gasteiger partial charge is 0.303 e. The molecule has 0 radical (unpaired) electrons. The highest BCUT2D eigenvalue weighted by Crippen LogP contribution is 2.22. The number of nitrogens with zero attached hydrogens (tertiary/aromatic N) is 1. The van der Waals surface area contributed by atoms with Crippen molar-refractivity contribution < 1.29 is 9.90 Å². The zero-order valence-electron chi connectivity index (χ0n) is 12.8. The Morgan fingerprint density at radius 1 is 1.27 bits per heavy atom. The van der Waals surface area contributed by atoms with Crippen LogP contribution in [0.1, 0.15) is 30.3 Å². The molecule has 118 valence electrons. The summed E-state index contributed by atoms with van der Waals surface area (Å²) in [6.45, 7) is 3.73. The molecule has 0 aliphatic heterocycles. The van der Waals surface area contributed by atoms with Crippen molar-refractivity contribution >= 4 is 17.3 Å². The standard InChI is InChI=1S/C17H22N2O2S/c1-2-13-5-7-14(8-6-13)15-12-22-16(19-15)9-11-18-10-3-4-17(20)21/h5-8,12,18H,2-4,9-11H2,1H3,(H,20,21). The average molecular weight is 318 g/mol. The maximum Gasteiger partial charge on any atom is 0.303 e. The van der Waals surface area contributed by atoms with Gasteiger partial charge in [-0.15, -0.1) is 11.3 Å². The third-order valence-electron chi connectivity index (χ3n) is 3.47. The Hall–Kier alpha value is -1.72. The van der Waals surface area contributed by atoms with Crippen LogP contribution in [-0.4, -0.2) is 29.1 Å². The third-order valence-corrected chi connectivity index (χ3v) is 4.38. The van der Waals surface area contributed by atoms with Gasteiger partial charge in [0, 0.05) is 30.3 Å². The van der Waals surface area contributed by atoms with Gasteiger partial charge in [0.15, 0.2) is 0 Å². The van der Waals surface area contributed by atoms with Crippen LogP contribution in [0.25, 0.3) is 11.3 Å². The number of aliphatic carboxylic acids is 1. The van der Waals surface area contributed by atoms with Crippen molar-refractivity contribution in [1.82, 2.24) is 10.3 Å². The van der Waals surface area contributed by atoms with Crippen LogP contribution < -0.4 is 5.32 Å². The van der Waals surface area contributed by atoms with Crippen molar-refractivity contribution in [2.75, 3.05) is 13.1 Å². The largest absolute Gasteiger partial charge is 0.481 e. The molecule has 0 saturated heterocycles. The van der Waals surface area contributed by atoms with Crippen molar-refractivity contribution in [3.8, 4) is 11.3 Å². The molecule has 1 heterocycles. The van der Waals surface area contributed by atoms with Crippen molar-refractivity contribution in [1.29, 1.82) is 0 Å². The highest BCUT2D eigenvalue weighted by atomic mass is 32.1. The van der Waals surface area contributed by atoms with E-state index in [1.165, 1.54) is 5.56 Å². The van der Waals surface area contributed by atoms with E-state index in [1.54, 1.807) is 11.3 Å². The minimum Gasteiger partial charge on any atom is -0.481 e. The van der Waals surface area contributed by atoms with Gasteiger partial charge in [-0.05, 0) is 24.9 Å². The van der Waals surface area contributed by atoms with Crippen LogP contribution in [0.5, 0.6) is 0 Å². The molecular formula is C17H22N2O2S. The Balaban J connectivity index is 1.77. The second-order valence-corrected chi connectivity index (χ2v) is 6.12. The number of benzene rings is 1. The predicted molar refractivity (Wildman–Crippen MR) is 90.4 cm³/mol. The van der Waals surface area contributed by atoms with E-state index in [-0.39, 0.29) is 6.42 Å². The van der Waals surface area contributed by atoms with Crippen molar-refractivity contribution in [2.24, 2.45) is 0 Å². The normalized spacial score (nSPS) is 10.8. The highest BCUT2D eigenvalue weighted by molar-refractivity contribution is 7.09. The highest BCUT2D eigenvalue weighted by Gasteiger charge is 2.04. The maximum absolute atomic E-state index is 10.4. The van der Waals surface area contributed by atoms with E-state index >= 15 is 0 Å². The molecule has 1 aromatic heterocycles. The first-order valence-corrected chi connectivity index (χ1v) is 8.53. The van der Waals surface area contributed by atoms with E-state index in [4.69, 9.17) is 5.11 Å². The minimum atomic E-state index is -0.736. The summed E-state index contributed by atoms with van der Waals surface area (Å²) in [5, 5.41) is 15.0. The molecule has 0 aliphatic rings. The SMILES string of the molecule is CCc1ccc(-c2csc(CCNCCCC(=O)O)n2)cc1. The lowest BCUT2D eigenvalue weighted by molar-refractivity contribution is -0.137. The molecular weight excluding hydrogens is 296 g/mol. The topological polar surface area (TPSA) is 62.2 Å². The van der Waals surface area contributed by atoms with Gasteiger partial charge >= 0.3 is 5.97 Å². The summed E-state index contributed by atoms with van der Waals surface area (Å²) in [6.07, 6.45) is 2.82. The van der Waals surface area contributed by atoms with Gasteiger partial charge in [-0.2, -0.15) is 0 Å². The zero-order valence-corrected chi connectivity index (χ0v) is 13.7. The van der Waals surface area contributed by atoms with Gasteiger partial charge in [0.2, 0.25) is 0 Å². The first kappa shape index (κ1) is 16.6. The Bertz CT molecular complexity index is 593. The second kappa shape index (κ2) is 8.66. The Morgan fingerprint density at radius 2 is 2.05 bits per heavy atom. The maximum atomic E-state index is 10.4. The summed E-state index contributed by atoms with van der Waals surface area (Å²) in [4.78, 5) is 15.1. The number of hydrogen-bond donors (Lipinski definition) is 2. The van der Waals surface area contributed by atoms with Crippen molar-refractivity contribution in [2.45, 2.75) is 32.6 Å². The number of carboxylic acids is 1.